The summed E-state index contributed by atoms with van der Waals surface area (Å²) < 4.78 is 0. The highest BCUT2D eigenvalue weighted by atomic mass is 14.6. The van der Waals surface area contributed by atoms with Crippen LogP contribution in [0.4, 0.5) is 0 Å². The number of allylic oxidation sites excluding steroid dienone is 4. The van der Waals surface area contributed by atoms with Crippen molar-refractivity contribution < 1.29 is 0 Å². The molecule has 1 nitrogen and oxygen atoms in total. The van der Waals surface area contributed by atoms with E-state index in [1.165, 1.54) is 141 Å². The Morgan fingerprint density at radius 2 is 1.51 bits per heavy atom. The topological polar surface area (TPSA) is 23.8 Å². The molecule has 0 amide bonds. The van der Waals surface area contributed by atoms with Gasteiger partial charge in [-0.3, -0.25) is 0 Å². The lowest BCUT2D eigenvalue weighted by atomic mass is 9.47. The molecular formula is C44H75N. The number of nitriles is 1. The average Bonchev–Trinajstić information content (AvgIpc) is 3.02. The molecule has 4 aliphatic carbocycles. The molecule has 1 heteroatoms. The molecule has 0 N–H and O–H groups in total. The molecule has 9 atom stereocenters. The Morgan fingerprint density at radius 1 is 0.822 bits per heavy atom. The van der Waals surface area contributed by atoms with Gasteiger partial charge in [0.2, 0.25) is 0 Å². The Kier molecular flexibility index (Phi) is 15.1. The Labute approximate surface area is 281 Å². The van der Waals surface area contributed by atoms with Crippen molar-refractivity contribution in [3.63, 3.8) is 0 Å². The van der Waals surface area contributed by atoms with Gasteiger partial charge in [0.05, 0.1) is 6.07 Å². The van der Waals surface area contributed by atoms with Crippen LogP contribution in [0.1, 0.15) is 189 Å². The standard InChI is InChI=1S/C44H75N/c1-7-37-21-16-18-24-42(37)44(5,6)28-19-13-11-9-8-10-12-14-22-38-32-39(27-29-45)43-35(4)31-41(43)40(38)23-17-15-20-36-26-25-33(2)34(3)30-36/h26,30,33,35,37-43H,7-25,27-28,31-32H2,1-6H3. The number of unbranched alkanes of at least 4 members (excludes halogenated alkanes) is 8. The molecule has 0 saturated heterocycles. The first-order chi connectivity index (χ1) is 21.7. The molecule has 9 unspecified atom stereocenters. The Balaban J connectivity index is 1.12. The molecule has 0 aromatic heterocycles. The quantitative estimate of drug-likeness (QED) is 0.132. The zero-order valence-electron chi connectivity index (χ0n) is 31.1. The molecule has 0 radical (unpaired) electrons. The van der Waals surface area contributed by atoms with Crippen LogP contribution in [-0.4, -0.2) is 0 Å². The van der Waals surface area contributed by atoms with Crippen molar-refractivity contribution in [3.8, 4) is 6.07 Å². The molecule has 0 aliphatic heterocycles. The molecule has 0 spiro atoms. The molecule has 0 heterocycles. The second-order valence-corrected chi connectivity index (χ2v) is 17.7. The third kappa shape index (κ3) is 10.5. The minimum absolute atomic E-state index is 0.546. The van der Waals surface area contributed by atoms with Crippen molar-refractivity contribution in [2.24, 2.45) is 58.7 Å². The van der Waals surface area contributed by atoms with Gasteiger partial charge in [-0.05, 0) is 117 Å². The monoisotopic (exact) mass is 618 g/mol. The molecule has 0 aromatic carbocycles. The molecule has 0 aromatic rings. The first-order valence-electron chi connectivity index (χ1n) is 20.5. The lowest BCUT2D eigenvalue weighted by molar-refractivity contribution is -0.0838. The SMILES string of the molecule is CCC1CCCCC1C(C)(C)CCCCCCCCCCC1CC(CC#N)C2C(C)CC2C1CCCCC1=CCC(C)C(C)=C1. The van der Waals surface area contributed by atoms with E-state index in [0.29, 0.717) is 11.3 Å². The summed E-state index contributed by atoms with van der Waals surface area (Å²) in [6.07, 6.45) is 37.1. The summed E-state index contributed by atoms with van der Waals surface area (Å²) in [4.78, 5) is 0. The minimum atomic E-state index is 0.546. The highest BCUT2D eigenvalue weighted by Crippen LogP contribution is 2.59. The maximum absolute atomic E-state index is 9.63. The Morgan fingerprint density at radius 3 is 2.20 bits per heavy atom. The fraction of sp³-hybridized carbons (Fsp3) is 0.886. The van der Waals surface area contributed by atoms with Crippen molar-refractivity contribution in [2.75, 3.05) is 0 Å². The maximum atomic E-state index is 9.63. The summed E-state index contributed by atoms with van der Waals surface area (Å²) in [7, 11) is 0. The number of hydrogen-bond acceptors (Lipinski definition) is 1. The lowest BCUT2D eigenvalue weighted by Crippen LogP contribution is -2.50. The molecule has 45 heavy (non-hydrogen) atoms. The largest absolute Gasteiger partial charge is 0.198 e. The van der Waals surface area contributed by atoms with Crippen molar-refractivity contribution >= 4 is 0 Å². The van der Waals surface area contributed by atoms with Gasteiger partial charge in [0.25, 0.3) is 0 Å². The normalized spacial score (nSPS) is 33.5. The van der Waals surface area contributed by atoms with Crippen LogP contribution < -0.4 is 0 Å². The van der Waals surface area contributed by atoms with E-state index in [2.05, 4.69) is 59.8 Å². The van der Waals surface area contributed by atoms with Gasteiger partial charge in [-0.1, -0.05) is 148 Å². The highest BCUT2D eigenvalue weighted by Gasteiger charge is 2.51. The van der Waals surface area contributed by atoms with Crippen LogP contribution in [0.25, 0.3) is 0 Å². The third-order valence-corrected chi connectivity index (χ3v) is 14.2. The van der Waals surface area contributed by atoms with E-state index in [9.17, 15) is 5.26 Å². The molecule has 3 saturated carbocycles. The van der Waals surface area contributed by atoms with E-state index in [1.54, 1.807) is 11.1 Å². The second-order valence-electron chi connectivity index (χ2n) is 17.7. The molecule has 3 fully saturated rings. The number of rotatable bonds is 19. The van der Waals surface area contributed by atoms with Crippen LogP contribution in [0.15, 0.2) is 23.3 Å². The van der Waals surface area contributed by atoms with E-state index < -0.39 is 0 Å². The molecule has 256 valence electrons. The first kappa shape index (κ1) is 36.8. The van der Waals surface area contributed by atoms with Crippen LogP contribution in [0.5, 0.6) is 0 Å². The van der Waals surface area contributed by atoms with Gasteiger partial charge in [-0.2, -0.15) is 5.26 Å². The van der Waals surface area contributed by atoms with Gasteiger partial charge in [0.15, 0.2) is 0 Å². The Bertz CT molecular complexity index is 962. The summed E-state index contributed by atoms with van der Waals surface area (Å²) in [5, 5.41) is 9.63. The van der Waals surface area contributed by atoms with Crippen molar-refractivity contribution in [2.45, 2.75) is 189 Å². The van der Waals surface area contributed by atoms with Gasteiger partial charge in [0, 0.05) is 6.42 Å². The van der Waals surface area contributed by atoms with Gasteiger partial charge in [-0.15, -0.1) is 0 Å². The number of nitrogens with zero attached hydrogens (tertiary/aromatic N) is 1. The van der Waals surface area contributed by atoms with E-state index in [4.69, 9.17) is 0 Å². The van der Waals surface area contributed by atoms with Crippen LogP contribution in [-0.2, 0) is 0 Å². The van der Waals surface area contributed by atoms with Crippen LogP contribution in [0, 0.1) is 70.0 Å². The lowest BCUT2D eigenvalue weighted by Gasteiger charge is -2.57. The van der Waals surface area contributed by atoms with Gasteiger partial charge >= 0.3 is 0 Å². The van der Waals surface area contributed by atoms with Crippen molar-refractivity contribution in [1.29, 1.82) is 5.26 Å². The van der Waals surface area contributed by atoms with Crippen molar-refractivity contribution in [1.82, 2.24) is 0 Å². The fourth-order valence-electron chi connectivity index (χ4n) is 11.3. The zero-order chi connectivity index (χ0) is 32.2. The van der Waals surface area contributed by atoms with Crippen LogP contribution >= 0.6 is 0 Å². The summed E-state index contributed by atoms with van der Waals surface area (Å²) in [5.74, 6) is 7.82. The molecule has 4 rings (SSSR count). The predicted molar refractivity (Wildman–Crippen MR) is 196 cm³/mol. The summed E-state index contributed by atoms with van der Waals surface area (Å²) in [6, 6.07) is 2.60. The zero-order valence-corrected chi connectivity index (χ0v) is 31.1. The Hall–Kier alpha value is -1.03. The van der Waals surface area contributed by atoms with E-state index in [0.717, 1.165) is 53.8 Å². The number of fused-ring (bicyclic) bond motifs is 1. The fourth-order valence-corrected chi connectivity index (χ4v) is 11.3. The van der Waals surface area contributed by atoms with Gasteiger partial charge in [0.1, 0.15) is 0 Å². The van der Waals surface area contributed by atoms with Crippen LogP contribution in [0.3, 0.4) is 0 Å². The molecule has 4 aliphatic rings. The molecule has 0 bridgehead atoms. The maximum Gasteiger partial charge on any atom is 0.0624 e. The highest BCUT2D eigenvalue weighted by molar-refractivity contribution is 5.28. The molecular weight excluding hydrogens is 542 g/mol. The second kappa shape index (κ2) is 18.5. The summed E-state index contributed by atoms with van der Waals surface area (Å²) in [5.41, 5.74) is 3.72. The van der Waals surface area contributed by atoms with Gasteiger partial charge < -0.3 is 0 Å². The van der Waals surface area contributed by atoms with E-state index in [1.807, 2.05) is 0 Å². The van der Waals surface area contributed by atoms with Gasteiger partial charge in [-0.25, -0.2) is 0 Å². The van der Waals surface area contributed by atoms with E-state index >= 15 is 0 Å². The minimum Gasteiger partial charge on any atom is -0.198 e. The van der Waals surface area contributed by atoms with Crippen molar-refractivity contribution in [3.05, 3.63) is 23.3 Å². The third-order valence-electron chi connectivity index (χ3n) is 14.2. The van der Waals surface area contributed by atoms with Crippen LogP contribution in [0.2, 0.25) is 0 Å². The first-order valence-corrected chi connectivity index (χ1v) is 20.5. The smallest absolute Gasteiger partial charge is 0.0624 e. The summed E-state index contributed by atoms with van der Waals surface area (Å²) >= 11 is 0. The average molecular weight is 618 g/mol. The van der Waals surface area contributed by atoms with E-state index in [-0.39, 0.29) is 0 Å². The predicted octanol–water partition coefficient (Wildman–Crippen LogP) is 14.0. The summed E-state index contributed by atoms with van der Waals surface area (Å²) in [6.45, 7) is 14.8. The number of hydrogen-bond donors (Lipinski definition) is 0.